The maximum atomic E-state index is 12.9. The van der Waals surface area contributed by atoms with Crippen LogP contribution in [0.3, 0.4) is 0 Å². The number of hydrogen-bond donors (Lipinski definition) is 0. The molecular formula is C22H28I3NO2. The molecule has 154 valence electrons. The molecule has 2 atom stereocenters. The predicted octanol–water partition coefficient (Wildman–Crippen LogP) is 6.19. The van der Waals surface area contributed by atoms with Crippen molar-refractivity contribution in [2.24, 2.45) is 23.7 Å². The first-order valence-electron chi connectivity index (χ1n) is 10.4. The van der Waals surface area contributed by atoms with E-state index >= 15 is 0 Å². The van der Waals surface area contributed by atoms with E-state index in [0.29, 0.717) is 0 Å². The van der Waals surface area contributed by atoms with E-state index in [1.165, 1.54) is 45.2 Å². The Morgan fingerprint density at radius 3 is 2.25 bits per heavy atom. The number of esters is 1. The molecule has 1 aromatic rings. The average Bonchev–Trinajstić information content (AvgIpc) is 2.64. The van der Waals surface area contributed by atoms with Gasteiger partial charge in [-0.15, -0.1) is 0 Å². The fraction of sp³-hybridized carbons (Fsp3) is 0.682. The lowest BCUT2D eigenvalue weighted by atomic mass is 9.63. The van der Waals surface area contributed by atoms with Gasteiger partial charge in [0.25, 0.3) is 0 Å². The monoisotopic (exact) mass is 719 g/mol. The van der Waals surface area contributed by atoms with Gasteiger partial charge >= 0.3 is 5.97 Å². The Morgan fingerprint density at radius 2 is 1.61 bits per heavy atom. The highest BCUT2D eigenvalue weighted by Crippen LogP contribution is 2.47. The first-order chi connectivity index (χ1) is 13.4. The summed E-state index contributed by atoms with van der Waals surface area (Å²) in [6, 6.07) is 4.07. The number of hydrogen-bond acceptors (Lipinski definition) is 3. The van der Waals surface area contributed by atoms with Crippen molar-refractivity contribution in [3.8, 4) is 0 Å². The molecule has 0 amide bonds. The molecule has 0 N–H and O–H groups in total. The Bertz CT molecular complexity index is 719. The minimum atomic E-state index is -0.127. The number of rotatable bonds is 3. The van der Waals surface area contributed by atoms with Crippen molar-refractivity contribution < 1.29 is 9.53 Å². The second kappa shape index (κ2) is 9.54. The average molecular weight is 719 g/mol. The van der Waals surface area contributed by atoms with Crippen molar-refractivity contribution in [1.29, 1.82) is 0 Å². The van der Waals surface area contributed by atoms with Crippen LogP contribution in [-0.4, -0.2) is 37.1 Å². The molecule has 3 nitrogen and oxygen atoms in total. The second-order valence-corrected chi connectivity index (χ2v) is 12.6. The number of carbonyl (C=O) groups excluding carboxylic acids is 1. The topological polar surface area (TPSA) is 29.5 Å². The largest absolute Gasteiger partial charge is 0.459 e. The van der Waals surface area contributed by atoms with Gasteiger partial charge in [0.05, 0.1) is 5.56 Å². The van der Waals surface area contributed by atoms with Gasteiger partial charge in [0.2, 0.25) is 0 Å². The normalized spacial score (nSPS) is 31.6. The zero-order chi connectivity index (χ0) is 19.8. The third-order valence-electron chi connectivity index (χ3n) is 7.05. The molecule has 0 aromatic heterocycles. The Balaban J connectivity index is 1.36. The number of benzene rings is 1. The van der Waals surface area contributed by atoms with E-state index in [-0.39, 0.29) is 12.1 Å². The number of halogens is 3. The van der Waals surface area contributed by atoms with Crippen LogP contribution in [0, 0.1) is 34.4 Å². The maximum absolute atomic E-state index is 12.9. The van der Waals surface area contributed by atoms with Crippen molar-refractivity contribution >= 4 is 73.7 Å². The fourth-order valence-electron chi connectivity index (χ4n) is 5.74. The lowest BCUT2D eigenvalue weighted by molar-refractivity contribution is -0.0202. The SMILES string of the molecule is CN1CCC(C2CC3CC(CC(OC(=O)c4cc(I)cc(I)c4I)C3)C2)CC1. The summed E-state index contributed by atoms with van der Waals surface area (Å²) in [5.41, 5.74) is 0.733. The molecule has 6 heteroatoms. The van der Waals surface area contributed by atoms with Crippen LogP contribution in [0.25, 0.3) is 0 Å². The molecule has 28 heavy (non-hydrogen) atoms. The molecule has 4 rings (SSSR count). The van der Waals surface area contributed by atoms with Crippen LogP contribution in [-0.2, 0) is 4.74 Å². The molecule has 1 aromatic carbocycles. The summed E-state index contributed by atoms with van der Waals surface area (Å²) in [4.78, 5) is 15.3. The number of nitrogens with zero attached hydrogens (tertiary/aromatic N) is 1. The van der Waals surface area contributed by atoms with Gasteiger partial charge in [-0.2, -0.15) is 0 Å². The molecule has 0 spiro atoms. The van der Waals surface area contributed by atoms with Gasteiger partial charge in [-0.25, -0.2) is 4.79 Å². The number of piperidine rings is 1. The first-order valence-corrected chi connectivity index (χ1v) is 13.7. The third kappa shape index (κ3) is 5.18. The lowest BCUT2D eigenvalue weighted by Crippen LogP contribution is -2.40. The van der Waals surface area contributed by atoms with Crippen LogP contribution in [0.4, 0.5) is 0 Å². The van der Waals surface area contributed by atoms with Crippen LogP contribution in [0.2, 0.25) is 0 Å². The molecule has 2 saturated carbocycles. The van der Waals surface area contributed by atoms with Crippen LogP contribution >= 0.6 is 67.8 Å². The van der Waals surface area contributed by atoms with E-state index in [0.717, 1.165) is 52.8 Å². The Kier molecular flexibility index (Phi) is 7.52. The van der Waals surface area contributed by atoms with Gasteiger partial charge in [-0.1, -0.05) is 0 Å². The molecular weight excluding hydrogens is 691 g/mol. The van der Waals surface area contributed by atoms with Gasteiger partial charge in [0, 0.05) is 10.7 Å². The molecule has 2 unspecified atom stereocenters. The van der Waals surface area contributed by atoms with E-state index in [2.05, 4.69) is 85.8 Å². The maximum Gasteiger partial charge on any atom is 0.339 e. The molecule has 1 saturated heterocycles. The Hall–Kier alpha value is 0.840. The van der Waals surface area contributed by atoms with Crippen molar-refractivity contribution in [2.45, 2.75) is 51.0 Å². The molecule has 0 radical (unpaired) electrons. The molecule has 1 heterocycles. The van der Waals surface area contributed by atoms with Gasteiger partial charge in [0.1, 0.15) is 6.10 Å². The van der Waals surface area contributed by atoms with Gasteiger partial charge in [-0.3, -0.25) is 0 Å². The quantitative estimate of drug-likeness (QED) is 0.212. The summed E-state index contributed by atoms with van der Waals surface area (Å²) in [5, 5.41) is 0. The van der Waals surface area contributed by atoms with Crippen LogP contribution in [0.1, 0.15) is 55.3 Å². The van der Waals surface area contributed by atoms with Gasteiger partial charge < -0.3 is 9.64 Å². The first kappa shape index (κ1) is 22.0. The summed E-state index contributed by atoms with van der Waals surface area (Å²) in [5.74, 6) is 3.22. The zero-order valence-electron chi connectivity index (χ0n) is 16.3. The minimum Gasteiger partial charge on any atom is -0.459 e. The lowest BCUT2D eigenvalue weighted by Gasteiger charge is -2.45. The standard InChI is InChI=1S/C22H28I3NO2/c1-26-4-2-15(3-5-26)16-7-13-6-14(8-16)10-18(9-13)28-22(27)19-11-17(23)12-20(24)21(19)25/h11-16,18H,2-10H2,1H3. The summed E-state index contributed by atoms with van der Waals surface area (Å²) in [6.07, 6.45) is 9.09. The van der Waals surface area contributed by atoms with Gasteiger partial charge in [0.15, 0.2) is 0 Å². The van der Waals surface area contributed by atoms with Crippen molar-refractivity contribution in [1.82, 2.24) is 4.90 Å². The van der Waals surface area contributed by atoms with Crippen molar-refractivity contribution in [3.63, 3.8) is 0 Å². The van der Waals surface area contributed by atoms with E-state index in [1.54, 1.807) is 0 Å². The molecule has 3 fully saturated rings. The highest BCUT2D eigenvalue weighted by atomic mass is 127. The van der Waals surface area contributed by atoms with E-state index in [4.69, 9.17) is 4.74 Å². The minimum absolute atomic E-state index is 0.112. The number of carbonyl (C=O) groups is 1. The van der Waals surface area contributed by atoms with Crippen LogP contribution in [0.5, 0.6) is 0 Å². The third-order valence-corrected chi connectivity index (χ3v) is 10.7. The van der Waals surface area contributed by atoms with E-state index in [1.807, 2.05) is 6.07 Å². The second-order valence-electron chi connectivity index (χ2n) is 9.09. The molecule has 2 aliphatic carbocycles. The highest BCUT2D eigenvalue weighted by Gasteiger charge is 2.40. The highest BCUT2D eigenvalue weighted by molar-refractivity contribution is 14.1. The summed E-state index contributed by atoms with van der Waals surface area (Å²) < 4.78 is 9.28. The fourth-order valence-corrected chi connectivity index (χ4v) is 8.12. The van der Waals surface area contributed by atoms with Gasteiger partial charge in [-0.05, 0) is 169 Å². The summed E-state index contributed by atoms with van der Waals surface area (Å²) in [6.45, 7) is 2.54. The summed E-state index contributed by atoms with van der Waals surface area (Å²) >= 11 is 6.85. The molecule has 3 aliphatic rings. The van der Waals surface area contributed by atoms with Crippen molar-refractivity contribution in [2.75, 3.05) is 20.1 Å². The molecule has 1 aliphatic heterocycles. The predicted molar refractivity (Wildman–Crippen MR) is 138 cm³/mol. The number of ether oxygens (including phenoxy) is 1. The number of likely N-dealkylation sites (tertiary alicyclic amines) is 1. The summed E-state index contributed by atoms with van der Waals surface area (Å²) in [7, 11) is 2.25. The van der Waals surface area contributed by atoms with Crippen LogP contribution in [0.15, 0.2) is 12.1 Å². The van der Waals surface area contributed by atoms with Crippen LogP contribution < -0.4 is 0 Å². The van der Waals surface area contributed by atoms with E-state index in [9.17, 15) is 4.79 Å². The molecule has 2 bridgehead atoms. The Labute approximate surface area is 209 Å². The van der Waals surface area contributed by atoms with Crippen molar-refractivity contribution in [3.05, 3.63) is 28.4 Å². The zero-order valence-corrected chi connectivity index (χ0v) is 22.8. The number of fused-ring (bicyclic) bond motifs is 2. The van der Waals surface area contributed by atoms with E-state index < -0.39 is 0 Å². The Morgan fingerprint density at radius 1 is 0.964 bits per heavy atom. The smallest absolute Gasteiger partial charge is 0.339 e.